The highest BCUT2D eigenvalue weighted by atomic mass is 79.9. The van der Waals surface area contributed by atoms with Gasteiger partial charge in [0.2, 0.25) is 5.01 Å². The summed E-state index contributed by atoms with van der Waals surface area (Å²) in [5.74, 6) is -0.126. The molecule has 7 heteroatoms. The van der Waals surface area contributed by atoms with Gasteiger partial charge in [0.1, 0.15) is 0 Å². The van der Waals surface area contributed by atoms with Crippen LogP contribution in [-0.2, 0) is 11.2 Å². The van der Waals surface area contributed by atoms with Crippen LogP contribution in [0.1, 0.15) is 38.8 Å². The maximum absolute atomic E-state index is 12.3. The molecule has 0 aromatic heterocycles. The van der Waals surface area contributed by atoms with Crippen molar-refractivity contribution in [2.75, 3.05) is 11.9 Å². The summed E-state index contributed by atoms with van der Waals surface area (Å²) < 4.78 is 5.58. The van der Waals surface area contributed by atoms with Crippen LogP contribution in [0.2, 0.25) is 0 Å². The van der Waals surface area contributed by atoms with Gasteiger partial charge in [0, 0.05) is 23.7 Å². The van der Waals surface area contributed by atoms with E-state index in [1.54, 1.807) is 32.9 Å². The SMILES string of the molecule is CCNc1ccccc1Cc1ccc(OC(Br)C(=O)C(C)(C)C)c([N+](=O)[O-])c1. The first kappa shape index (κ1) is 21.9. The number of anilines is 1. The second kappa shape index (κ2) is 9.19. The number of nitro groups is 1. The van der Waals surface area contributed by atoms with E-state index in [9.17, 15) is 14.9 Å². The zero-order valence-corrected chi connectivity index (χ0v) is 18.1. The number of hydrogen-bond acceptors (Lipinski definition) is 5. The van der Waals surface area contributed by atoms with Crippen molar-refractivity contribution < 1.29 is 14.5 Å². The van der Waals surface area contributed by atoms with Crippen LogP contribution in [0, 0.1) is 15.5 Å². The largest absolute Gasteiger partial charge is 0.464 e. The van der Waals surface area contributed by atoms with E-state index in [0.29, 0.717) is 6.42 Å². The van der Waals surface area contributed by atoms with E-state index in [4.69, 9.17) is 4.74 Å². The normalized spacial score (nSPS) is 12.3. The van der Waals surface area contributed by atoms with Gasteiger partial charge in [0.15, 0.2) is 11.5 Å². The van der Waals surface area contributed by atoms with Crippen LogP contribution in [0.3, 0.4) is 0 Å². The van der Waals surface area contributed by atoms with E-state index in [2.05, 4.69) is 21.2 Å². The van der Waals surface area contributed by atoms with Crippen LogP contribution in [0.4, 0.5) is 11.4 Å². The highest BCUT2D eigenvalue weighted by molar-refractivity contribution is 9.09. The van der Waals surface area contributed by atoms with Crippen molar-refractivity contribution in [2.45, 2.75) is 39.1 Å². The Hall–Kier alpha value is -2.41. The first-order chi connectivity index (χ1) is 13.1. The highest BCUT2D eigenvalue weighted by Gasteiger charge is 2.31. The summed E-state index contributed by atoms with van der Waals surface area (Å²) in [6.07, 6.45) is 0.545. The Balaban J connectivity index is 2.28. The van der Waals surface area contributed by atoms with E-state index >= 15 is 0 Å². The van der Waals surface area contributed by atoms with Gasteiger partial charge in [-0.2, -0.15) is 0 Å². The molecule has 0 spiro atoms. The van der Waals surface area contributed by atoms with Crippen molar-refractivity contribution in [3.8, 4) is 5.75 Å². The Morgan fingerprint density at radius 3 is 2.54 bits per heavy atom. The molecule has 0 fully saturated rings. The number of ether oxygens (including phenoxy) is 1. The van der Waals surface area contributed by atoms with Crippen molar-refractivity contribution in [1.29, 1.82) is 0 Å². The molecule has 0 aliphatic heterocycles. The molecule has 150 valence electrons. The summed E-state index contributed by atoms with van der Waals surface area (Å²) in [6, 6.07) is 12.7. The quantitative estimate of drug-likeness (QED) is 0.335. The molecule has 6 nitrogen and oxygen atoms in total. The fourth-order valence-corrected chi connectivity index (χ4v) is 3.57. The molecule has 1 atom stereocenters. The fourth-order valence-electron chi connectivity index (χ4n) is 2.68. The minimum atomic E-state index is -0.952. The third kappa shape index (κ3) is 5.55. The van der Waals surface area contributed by atoms with Crippen molar-refractivity contribution in [3.63, 3.8) is 0 Å². The second-order valence-electron chi connectivity index (χ2n) is 7.47. The van der Waals surface area contributed by atoms with Crippen molar-refractivity contribution in [3.05, 3.63) is 63.7 Å². The predicted molar refractivity (Wildman–Crippen MR) is 114 cm³/mol. The summed E-state index contributed by atoms with van der Waals surface area (Å²) in [4.78, 5) is 23.4. The average molecular weight is 449 g/mol. The first-order valence-electron chi connectivity index (χ1n) is 9.07. The highest BCUT2D eigenvalue weighted by Crippen LogP contribution is 2.33. The molecular weight excluding hydrogens is 424 g/mol. The number of carbonyl (C=O) groups is 1. The molecule has 0 saturated heterocycles. The third-order valence-corrected chi connectivity index (χ3v) is 4.78. The Labute approximate surface area is 173 Å². The zero-order chi connectivity index (χ0) is 20.9. The maximum atomic E-state index is 12.3. The molecule has 0 heterocycles. The lowest BCUT2D eigenvalue weighted by Crippen LogP contribution is -2.32. The summed E-state index contributed by atoms with van der Waals surface area (Å²) in [7, 11) is 0. The Morgan fingerprint density at radius 1 is 1.25 bits per heavy atom. The molecule has 0 saturated carbocycles. The number of nitrogens with zero attached hydrogens (tertiary/aromatic N) is 1. The smallest absolute Gasteiger partial charge is 0.311 e. The number of alkyl halides is 1. The lowest BCUT2D eigenvalue weighted by Gasteiger charge is -2.21. The number of para-hydroxylation sites is 1. The van der Waals surface area contributed by atoms with E-state index in [0.717, 1.165) is 23.4 Å². The van der Waals surface area contributed by atoms with Gasteiger partial charge in [-0.1, -0.05) is 45.0 Å². The Morgan fingerprint density at radius 2 is 1.93 bits per heavy atom. The molecule has 2 rings (SSSR count). The molecule has 0 amide bonds. The fraction of sp³-hybridized carbons (Fsp3) is 0.381. The molecule has 1 unspecified atom stereocenters. The van der Waals surface area contributed by atoms with Gasteiger partial charge >= 0.3 is 5.69 Å². The first-order valence-corrected chi connectivity index (χ1v) is 9.99. The van der Waals surface area contributed by atoms with Gasteiger partial charge in [0.25, 0.3) is 0 Å². The summed E-state index contributed by atoms with van der Waals surface area (Å²) in [5, 5.41) is 13.9. The number of hydrogen-bond donors (Lipinski definition) is 1. The van der Waals surface area contributed by atoms with Crippen LogP contribution >= 0.6 is 15.9 Å². The summed E-state index contributed by atoms with van der Waals surface area (Å²) >= 11 is 3.20. The van der Waals surface area contributed by atoms with Gasteiger partial charge in [-0.05, 0) is 52.5 Å². The topological polar surface area (TPSA) is 81.5 Å². The van der Waals surface area contributed by atoms with Crippen LogP contribution in [-0.4, -0.2) is 22.3 Å². The Bertz CT molecular complexity index is 862. The molecule has 0 bridgehead atoms. The van der Waals surface area contributed by atoms with Crippen LogP contribution < -0.4 is 10.1 Å². The molecule has 0 radical (unpaired) electrons. The van der Waals surface area contributed by atoms with E-state index in [1.165, 1.54) is 6.07 Å². The zero-order valence-electron chi connectivity index (χ0n) is 16.5. The summed E-state index contributed by atoms with van der Waals surface area (Å²) in [6.45, 7) is 8.12. The van der Waals surface area contributed by atoms with Gasteiger partial charge in [-0.15, -0.1) is 0 Å². The number of Topliss-reactive ketones (excluding diaryl/α,β-unsaturated/α-hetero) is 1. The van der Waals surface area contributed by atoms with Crippen LogP contribution in [0.25, 0.3) is 0 Å². The van der Waals surface area contributed by atoms with Gasteiger partial charge in [0.05, 0.1) is 4.92 Å². The predicted octanol–water partition coefficient (Wildman–Crippen LogP) is 5.33. The number of halogens is 1. The monoisotopic (exact) mass is 448 g/mol. The summed E-state index contributed by atoms with van der Waals surface area (Å²) in [5.41, 5.74) is 2.05. The maximum Gasteiger partial charge on any atom is 0.311 e. The molecule has 2 aromatic rings. The van der Waals surface area contributed by atoms with Crippen molar-refractivity contribution in [2.24, 2.45) is 5.41 Å². The van der Waals surface area contributed by atoms with Crippen LogP contribution in [0.5, 0.6) is 5.75 Å². The number of carbonyl (C=O) groups excluding carboxylic acids is 1. The molecule has 1 N–H and O–H groups in total. The molecular formula is C21H25BrN2O4. The standard InChI is InChI=1S/C21H25BrN2O4/c1-5-23-16-9-7-6-8-15(16)12-14-10-11-18(17(13-14)24(26)27)28-20(22)19(25)21(2,3)4/h6-11,13,20,23H,5,12H2,1-4H3. The van der Waals surface area contributed by atoms with Gasteiger partial charge in [-0.25, -0.2) is 0 Å². The number of ketones is 1. The van der Waals surface area contributed by atoms with Crippen molar-refractivity contribution >= 4 is 33.1 Å². The number of benzene rings is 2. The number of rotatable bonds is 8. The van der Waals surface area contributed by atoms with Gasteiger partial charge in [-0.3, -0.25) is 14.9 Å². The molecule has 0 aliphatic rings. The molecule has 28 heavy (non-hydrogen) atoms. The van der Waals surface area contributed by atoms with E-state index in [-0.39, 0.29) is 17.2 Å². The number of nitro benzene ring substituents is 1. The lowest BCUT2D eigenvalue weighted by atomic mass is 9.91. The number of nitrogens with one attached hydrogen (secondary N) is 1. The minimum Gasteiger partial charge on any atom is -0.464 e. The van der Waals surface area contributed by atoms with Gasteiger partial charge < -0.3 is 10.1 Å². The Kier molecular flexibility index (Phi) is 7.18. The van der Waals surface area contributed by atoms with Crippen molar-refractivity contribution in [1.82, 2.24) is 0 Å². The van der Waals surface area contributed by atoms with E-state index < -0.39 is 15.4 Å². The lowest BCUT2D eigenvalue weighted by molar-refractivity contribution is -0.385. The third-order valence-electron chi connectivity index (χ3n) is 4.17. The minimum absolute atomic E-state index is 0.0631. The van der Waals surface area contributed by atoms with E-state index in [1.807, 2.05) is 31.2 Å². The molecule has 2 aromatic carbocycles. The average Bonchev–Trinajstić information content (AvgIpc) is 2.63. The van der Waals surface area contributed by atoms with Crippen LogP contribution in [0.15, 0.2) is 42.5 Å². The second-order valence-corrected chi connectivity index (χ2v) is 8.30. The molecule has 0 aliphatic carbocycles.